The lowest BCUT2D eigenvalue weighted by Gasteiger charge is -2.33. The lowest BCUT2D eigenvalue weighted by Crippen LogP contribution is -2.53. The number of aromatic nitrogens is 1. The molecule has 25 nitrogen and oxygen atoms in total. The topological polar surface area (TPSA) is 299 Å². The van der Waals surface area contributed by atoms with Crippen LogP contribution in [-0.2, 0) is 59.0 Å². The first-order valence-electron chi connectivity index (χ1n) is 30.4. The van der Waals surface area contributed by atoms with Gasteiger partial charge in [0.05, 0.1) is 49.9 Å². The molecule has 2 aromatic carbocycles. The van der Waals surface area contributed by atoms with Crippen LogP contribution in [0.15, 0.2) is 54.7 Å². The van der Waals surface area contributed by atoms with Crippen molar-refractivity contribution in [2.24, 2.45) is 5.92 Å². The number of carbonyl (C=O) groups is 10. The van der Waals surface area contributed by atoms with E-state index in [0.29, 0.717) is 94.6 Å². The summed E-state index contributed by atoms with van der Waals surface area (Å²) in [5, 5.41) is 20.1. The van der Waals surface area contributed by atoms with Crippen LogP contribution in [-0.4, -0.2) is 242 Å². The third-order valence-corrected chi connectivity index (χ3v) is 16.7. The molecule has 0 bridgehead atoms. The molecular weight excluding hydrogens is 1310 g/mol. The molecule has 0 aliphatic carbocycles. The van der Waals surface area contributed by atoms with Crippen molar-refractivity contribution in [1.29, 1.82) is 0 Å². The van der Waals surface area contributed by atoms with Crippen LogP contribution < -0.4 is 26.0 Å². The number of nitrogens with zero attached hydrogens (tertiary/aromatic N) is 7. The summed E-state index contributed by atoms with van der Waals surface area (Å²) in [6, 6.07) is 11.8. The van der Waals surface area contributed by atoms with E-state index in [9.17, 15) is 61.8 Å². The van der Waals surface area contributed by atoms with Crippen LogP contribution in [0, 0.1) is 21.8 Å². The van der Waals surface area contributed by atoms with Gasteiger partial charge in [-0.2, -0.15) is 0 Å². The number of hydrogen-bond acceptors (Lipinski definition) is 18. The number of aliphatic carboxylic acids is 1. The summed E-state index contributed by atoms with van der Waals surface area (Å²) >= 11 is 2.21. The number of imide groups is 1. The number of piperidine rings is 1. The monoisotopic (exact) mass is 1390 g/mol. The van der Waals surface area contributed by atoms with Crippen LogP contribution in [0.1, 0.15) is 86.6 Å². The van der Waals surface area contributed by atoms with Gasteiger partial charge in [-0.1, -0.05) is 24.5 Å². The third-order valence-electron chi connectivity index (χ3n) is 16.0. The molecule has 0 radical (unpaired) electrons. The van der Waals surface area contributed by atoms with E-state index in [2.05, 4.69) is 54.8 Å². The standard InChI is InChI=1S/C62H81F3IN11O14/c1-2-48-35-62(64,65)39-77(48)58(84)36-69-60(87)50-16-20-67-52-14-13-49(33-51(50)52)91-31-4-3-6-45-17-21-76(22-18-45)57(83)34-55(81)71-61(88)53(32-46(63)15-19-68-54(80)8-5-7-44-9-11-47(66)12-10-44)70-56(82)37-72-23-24-73(38-59(85)86)26-28-75(41-90-43-79)30-29-74(27-25-72)40-89-42-78/h1,9-14,16,20,33,42-43,45-46,48,53H,3-8,15,17-19,21-32,34-41H2,(H,68,80)(H,69,87)(H,70,82)(H,85,86)(H,71,81,88)/t46?,48-,53-/m0/s1. The van der Waals surface area contributed by atoms with E-state index in [1.165, 1.54) is 12.3 Å². The van der Waals surface area contributed by atoms with Crippen LogP contribution >= 0.6 is 22.6 Å². The quantitative estimate of drug-likeness (QED) is 0.0197. The van der Waals surface area contributed by atoms with Gasteiger partial charge >= 0.3 is 5.97 Å². The number of carboxylic acid groups (broad SMARTS) is 1. The molecule has 3 atom stereocenters. The Kier molecular flexibility index (Phi) is 30.1. The van der Waals surface area contributed by atoms with E-state index in [-0.39, 0.29) is 103 Å². The molecule has 1 unspecified atom stereocenters. The second-order valence-electron chi connectivity index (χ2n) is 22.8. The summed E-state index contributed by atoms with van der Waals surface area (Å²) in [6.07, 6.45) is 7.98. The van der Waals surface area contributed by atoms with Crippen LogP contribution in [0.4, 0.5) is 13.2 Å². The summed E-state index contributed by atoms with van der Waals surface area (Å²) in [7, 11) is 0. The number of aryl methyl sites for hydroxylation is 1. The fourth-order valence-electron chi connectivity index (χ4n) is 10.9. The van der Waals surface area contributed by atoms with Gasteiger partial charge in [-0.3, -0.25) is 77.8 Å². The molecule has 7 amide bonds. The van der Waals surface area contributed by atoms with Crippen LogP contribution in [0.5, 0.6) is 5.75 Å². The molecule has 1 aromatic heterocycles. The molecule has 0 spiro atoms. The molecule has 91 heavy (non-hydrogen) atoms. The average Bonchev–Trinajstić information content (AvgIpc) is 1.92. The van der Waals surface area contributed by atoms with Gasteiger partial charge in [0.1, 0.15) is 37.8 Å². The Balaban J connectivity index is 0.980. The maximum Gasteiger partial charge on any atom is 0.317 e. The molecule has 3 fully saturated rings. The zero-order valence-corrected chi connectivity index (χ0v) is 53.0. The minimum Gasteiger partial charge on any atom is -0.494 e. The van der Waals surface area contributed by atoms with Crippen LogP contribution in [0.3, 0.4) is 0 Å². The molecule has 496 valence electrons. The molecular formula is C62H81F3IN11O14. The van der Waals surface area contributed by atoms with Crippen molar-refractivity contribution >= 4 is 93.8 Å². The number of unbranched alkanes of at least 4 members (excludes halogenated alkanes) is 1. The number of rotatable bonds is 32. The van der Waals surface area contributed by atoms with Gasteiger partial charge in [0.25, 0.3) is 24.8 Å². The van der Waals surface area contributed by atoms with Gasteiger partial charge in [-0.05, 0) is 115 Å². The number of alkyl halides is 3. The number of pyridine rings is 1. The highest BCUT2D eigenvalue weighted by Gasteiger charge is 2.46. The summed E-state index contributed by atoms with van der Waals surface area (Å²) < 4.78 is 61.0. The first-order chi connectivity index (χ1) is 43.7. The first-order valence-corrected chi connectivity index (χ1v) is 31.5. The minimum absolute atomic E-state index is 0.0609. The smallest absolute Gasteiger partial charge is 0.317 e. The van der Waals surface area contributed by atoms with Gasteiger partial charge in [0, 0.05) is 106 Å². The number of nitrogens with one attached hydrogen (secondary N) is 4. The molecule has 3 saturated heterocycles. The highest BCUT2D eigenvalue weighted by molar-refractivity contribution is 14.1. The Labute approximate surface area is 540 Å². The predicted octanol–water partition coefficient (Wildman–Crippen LogP) is 2.57. The van der Waals surface area contributed by atoms with Crippen LogP contribution in [0.25, 0.3) is 10.9 Å². The number of amides is 7. The highest BCUT2D eigenvalue weighted by Crippen LogP contribution is 2.32. The molecule has 6 rings (SSSR count). The Morgan fingerprint density at radius 2 is 1.44 bits per heavy atom. The maximum atomic E-state index is 15.9. The number of benzene rings is 2. The molecule has 3 aromatic rings. The zero-order chi connectivity index (χ0) is 65.7. The fraction of sp³-hybridized carbons (Fsp3) is 0.565. The van der Waals surface area contributed by atoms with Gasteiger partial charge in [0.15, 0.2) is 0 Å². The molecule has 4 heterocycles. The summed E-state index contributed by atoms with van der Waals surface area (Å²) in [6.45, 7) is 1.33. The van der Waals surface area contributed by atoms with Crippen molar-refractivity contribution in [3.05, 3.63) is 69.4 Å². The fourth-order valence-corrected chi connectivity index (χ4v) is 11.3. The molecule has 0 saturated carbocycles. The van der Waals surface area contributed by atoms with E-state index in [0.717, 1.165) is 26.9 Å². The second-order valence-corrected chi connectivity index (χ2v) is 24.0. The van der Waals surface area contributed by atoms with Crippen molar-refractivity contribution in [3.63, 3.8) is 0 Å². The normalized spacial score (nSPS) is 17.9. The van der Waals surface area contributed by atoms with Crippen molar-refractivity contribution in [1.82, 2.24) is 55.7 Å². The number of halogens is 4. The SMILES string of the molecule is C#C[C@H]1CC(F)(F)CN1C(=O)CNC(=O)c1ccnc2ccc(OCCCCC3CCN(C(=O)CC(=O)NC(=O)[C@H](CC(F)CCNC(=O)CCCc4ccc(I)cc4)NC(=O)CN4CCN(COC=O)CCN(COC=O)CCN(CC(=O)O)CC4)CC3)cc12. The number of terminal acetylenes is 1. The number of likely N-dealkylation sites (tertiary alicyclic amines) is 2. The van der Waals surface area contributed by atoms with Crippen molar-refractivity contribution in [3.8, 4) is 18.1 Å². The maximum absolute atomic E-state index is 15.9. The summed E-state index contributed by atoms with van der Waals surface area (Å²) in [5.41, 5.74) is 1.77. The van der Waals surface area contributed by atoms with E-state index in [1.807, 2.05) is 24.3 Å². The van der Waals surface area contributed by atoms with E-state index < -0.39 is 97.9 Å². The van der Waals surface area contributed by atoms with Gasteiger partial charge in [-0.15, -0.1) is 6.42 Å². The Bertz CT molecular complexity index is 2990. The predicted molar refractivity (Wildman–Crippen MR) is 333 cm³/mol. The molecule has 29 heteroatoms. The molecule has 5 N–H and O–H groups in total. The Morgan fingerprint density at radius 1 is 0.791 bits per heavy atom. The number of hydrogen-bond donors (Lipinski definition) is 5. The van der Waals surface area contributed by atoms with E-state index in [1.54, 1.807) is 42.7 Å². The van der Waals surface area contributed by atoms with E-state index in [4.69, 9.17) is 20.6 Å². The highest BCUT2D eigenvalue weighted by atomic mass is 127. The number of carboxylic acids is 1. The van der Waals surface area contributed by atoms with Crippen molar-refractivity contribution in [2.45, 2.75) is 101 Å². The molecule has 3 aliphatic heterocycles. The lowest BCUT2D eigenvalue weighted by molar-refractivity contribution is -0.140. The Hall–Kier alpha value is -7.53. The Morgan fingerprint density at radius 3 is 2.08 bits per heavy atom. The minimum atomic E-state index is -3.12. The number of carbonyl (C=O) groups excluding carboxylic acids is 9. The average molecular weight is 1390 g/mol. The third kappa shape index (κ3) is 25.6. The second kappa shape index (κ2) is 37.7. The van der Waals surface area contributed by atoms with Crippen molar-refractivity contribution < 1.29 is 80.4 Å². The lowest BCUT2D eigenvalue weighted by atomic mass is 9.91. The number of ether oxygens (including phenoxy) is 3. The number of fused-ring (bicyclic) bond motifs is 1. The first kappa shape index (κ1) is 72.5. The zero-order valence-electron chi connectivity index (χ0n) is 50.8. The van der Waals surface area contributed by atoms with Crippen molar-refractivity contribution in [2.75, 3.05) is 118 Å². The van der Waals surface area contributed by atoms with Gasteiger partial charge in [0.2, 0.25) is 35.4 Å². The molecule has 3 aliphatic rings. The van der Waals surface area contributed by atoms with Gasteiger partial charge < -0.3 is 45.1 Å². The van der Waals surface area contributed by atoms with Crippen LogP contribution in [0.2, 0.25) is 0 Å². The summed E-state index contributed by atoms with van der Waals surface area (Å²) in [5.74, 6) is -6.13. The summed E-state index contributed by atoms with van der Waals surface area (Å²) in [4.78, 5) is 141. The van der Waals surface area contributed by atoms with Gasteiger partial charge in [-0.25, -0.2) is 13.2 Å². The van der Waals surface area contributed by atoms with E-state index >= 15 is 4.39 Å². The largest absolute Gasteiger partial charge is 0.494 e.